The quantitative estimate of drug-likeness (QED) is 0.0952. The molecule has 0 atom stereocenters. The first kappa shape index (κ1) is 35.0. The molecule has 0 unspecified atom stereocenters. The Morgan fingerprint density at radius 2 is 0.852 bits per heavy atom. The molecular weight excluding hydrogens is 767 g/mol. The Morgan fingerprint density at radius 3 is 1.52 bits per heavy atom. The minimum atomic E-state index is -2.86. The number of ether oxygens (including phenoxy) is 2. The van der Waals surface area contributed by atoms with Crippen molar-refractivity contribution in [2.45, 2.75) is 0 Å². The minimum Gasteiger partial charge on any atom is -0.456 e. The predicted molar refractivity (Wildman–Crippen MR) is 249 cm³/mol. The van der Waals surface area contributed by atoms with Gasteiger partial charge in [-0.25, -0.2) is 0 Å². The summed E-state index contributed by atoms with van der Waals surface area (Å²) >= 11 is 0. The first-order chi connectivity index (χ1) is 30.1. The maximum Gasteiger partial charge on any atom is 0.200 e. The van der Waals surface area contributed by atoms with Gasteiger partial charge in [0, 0.05) is 0 Å². The van der Waals surface area contributed by atoms with Crippen LogP contribution >= 0.6 is 0 Å². The van der Waals surface area contributed by atoms with Crippen LogP contribution in [-0.4, -0.2) is 8.07 Å². The lowest BCUT2D eigenvalue weighted by Gasteiger charge is -2.37. The Labute approximate surface area is 353 Å². The largest absolute Gasteiger partial charge is 0.456 e. The molecule has 61 heavy (non-hydrogen) atoms. The standard InChI is InChI=1S/C55H35NO4Si/c57-55-44-33-38(36-14-12-15-37(32-36)39-26-29-47-53(34-39)60-52-25-13-24-51-54(52)56(47)46-22-10-11-23-50(46)59-51)27-30-48(44)58-49-31-28-43(35-45(49)55)61(40-16-4-1-5-17-40,41-18-6-2-7-19-41)42-20-8-3-9-21-42/h1-35H. The van der Waals surface area contributed by atoms with Gasteiger partial charge in [-0.2, -0.15) is 0 Å². The number of hydrogen-bond acceptors (Lipinski definition) is 5. The normalized spacial score (nSPS) is 12.6. The van der Waals surface area contributed by atoms with Crippen molar-refractivity contribution >= 4 is 67.8 Å². The van der Waals surface area contributed by atoms with E-state index in [-0.39, 0.29) is 5.43 Å². The van der Waals surface area contributed by atoms with E-state index in [1.54, 1.807) is 0 Å². The fourth-order valence-corrected chi connectivity index (χ4v) is 14.2. The molecule has 5 nitrogen and oxygen atoms in total. The summed E-state index contributed by atoms with van der Waals surface area (Å²) in [5.74, 6) is 3.07. The van der Waals surface area contributed by atoms with Crippen molar-refractivity contribution in [3.63, 3.8) is 0 Å². The number of benzene rings is 9. The molecule has 0 saturated carbocycles. The van der Waals surface area contributed by atoms with E-state index < -0.39 is 8.07 Å². The number of para-hydroxylation sites is 3. The second-order valence-electron chi connectivity index (χ2n) is 15.6. The van der Waals surface area contributed by atoms with Crippen molar-refractivity contribution in [1.82, 2.24) is 0 Å². The van der Waals surface area contributed by atoms with Crippen molar-refractivity contribution in [2.75, 3.05) is 4.90 Å². The third kappa shape index (κ3) is 5.50. The molecule has 0 saturated heterocycles. The molecule has 2 aliphatic heterocycles. The summed E-state index contributed by atoms with van der Waals surface area (Å²) in [6.45, 7) is 0. The molecule has 0 amide bonds. The number of nitrogens with zero attached hydrogens (tertiary/aromatic N) is 1. The highest BCUT2D eigenvalue weighted by Crippen LogP contribution is 2.59. The van der Waals surface area contributed by atoms with Crippen LogP contribution in [0.1, 0.15) is 0 Å². The Bertz CT molecular complexity index is 3310. The fourth-order valence-electron chi connectivity index (χ4n) is 9.40. The van der Waals surface area contributed by atoms with Crippen LogP contribution in [0.25, 0.3) is 44.2 Å². The molecule has 12 rings (SSSR count). The van der Waals surface area contributed by atoms with Gasteiger partial charge in [0.05, 0.1) is 22.1 Å². The zero-order chi connectivity index (χ0) is 40.5. The average Bonchev–Trinajstić information content (AvgIpc) is 3.33. The lowest BCUT2D eigenvalue weighted by Crippen LogP contribution is -2.74. The van der Waals surface area contributed by atoms with Gasteiger partial charge in [-0.1, -0.05) is 146 Å². The van der Waals surface area contributed by atoms with Crippen molar-refractivity contribution in [3.05, 3.63) is 223 Å². The molecule has 0 bridgehead atoms. The van der Waals surface area contributed by atoms with E-state index in [0.717, 1.165) is 67.5 Å². The zero-order valence-electron chi connectivity index (χ0n) is 32.8. The number of anilines is 3. The van der Waals surface area contributed by atoms with Crippen LogP contribution in [0.5, 0.6) is 23.0 Å². The summed E-state index contributed by atoms with van der Waals surface area (Å²) in [6.07, 6.45) is 0. The third-order valence-electron chi connectivity index (χ3n) is 12.2. The molecule has 9 aromatic carbocycles. The van der Waals surface area contributed by atoms with Gasteiger partial charge in [-0.15, -0.1) is 0 Å². The van der Waals surface area contributed by atoms with Gasteiger partial charge >= 0.3 is 0 Å². The summed E-state index contributed by atoms with van der Waals surface area (Å²) in [5.41, 5.74) is 7.87. The first-order valence-corrected chi connectivity index (χ1v) is 22.4. The van der Waals surface area contributed by atoms with E-state index in [4.69, 9.17) is 13.9 Å². The second kappa shape index (κ2) is 13.8. The van der Waals surface area contributed by atoms with Gasteiger partial charge in [0.25, 0.3) is 0 Å². The Hall–Kier alpha value is -7.93. The van der Waals surface area contributed by atoms with Crippen molar-refractivity contribution < 1.29 is 13.9 Å². The van der Waals surface area contributed by atoms with Gasteiger partial charge in [0.15, 0.2) is 31.1 Å². The number of rotatable bonds is 6. The Kier molecular flexibility index (Phi) is 7.95. The summed E-state index contributed by atoms with van der Waals surface area (Å²) in [6, 6.07) is 73.2. The SMILES string of the molecule is O=c1c2cc(-c3cccc(-c4ccc5c(c4)Oc4cccc6c4N5c4ccccc4O6)c3)ccc2oc2ccc([Si](c3ccccc3)(c3ccccc3)c3ccccc3)cc12. The van der Waals surface area contributed by atoms with E-state index in [9.17, 15) is 4.79 Å². The molecule has 0 spiro atoms. The molecule has 0 radical (unpaired) electrons. The van der Waals surface area contributed by atoms with E-state index in [2.05, 4.69) is 157 Å². The van der Waals surface area contributed by atoms with Crippen LogP contribution in [0, 0.1) is 0 Å². The van der Waals surface area contributed by atoms with Crippen LogP contribution < -0.4 is 40.5 Å². The number of hydrogen-bond donors (Lipinski definition) is 0. The highest BCUT2D eigenvalue weighted by atomic mass is 28.3. The lowest BCUT2D eigenvalue weighted by molar-refractivity contribution is 0.446. The summed E-state index contributed by atoms with van der Waals surface area (Å²) in [5, 5.41) is 5.97. The summed E-state index contributed by atoms with van der Waals surface area (Å²) in [4.78, 5) is 17.0. The molecule has 3 heterocycles. The van der Waals surface area contributed by atoms with Crippen molar-refractivity contribution in [2.24, 2.45) is 0 Å². The van der Waals surface area contributed by atoms with E-state index >= 15 is 0 Å². The van der Waals surface area contributed by atoms with Crippen LogP contribution in [0.2, 0.25) is 0 Å². The van der Waals surface area contributed by atoms with Gasteiger partial charge in [0.1, 0.15) is 16.9 Å². The van der Waals surface area contributed by atoms with E-state index in [1.165, 1.54) is 15.6 Å². The minimum absolute atomic E-state index is 0.0480. The lowest BCUT2D eigenvalue weighted by atomic mass is 9.97. The second-order valence-corrected chi connectivity index (χ2v) is 19.4. The molecule has 10 aromatic rings. The van der Waals surface area contributed by atoms with Crippen LogP contribution in [0.3, 0.4) is 0 Å². The molecule has 2 aliphatic rings. The summed E-state index contributed by atoms with van der Waals surface area (Å²) in [7, 11) is -2.86. The topological polar surface area (TPSA) is 51.9 Å². The molecule has 0 aliphatic carbocycles. The van der Waals surface area contributed by atoms with Crippen molar-refractivity contribution in [1.29, 1.82) is 0 Å². The monoisotopic (exact) mass is 801 g/mol. The van der Waals surface area contributed by atoms with Crippen LogP contribution in [0.15, 0.2) is 222 Å². The van der Waals surface area contributed by atoms with Gasteiger partial charge in [-0.3, -0.25) is 9.69 Å². The molecule has 0 fully saturated rings. The fraction of sp³-hybridized carbons (Fsp3) is 0. The molecule has 0 N–H and O–H groups in total. The molecule has 288 valence electrons. The predicted octanol–water partition coefficient (Wildman–Crippen LogP) is 11.3. The van der Waals surface area contributed by atoms with E-state index in [1.807, 2.05) is 60.7 Å². The van der Waals surface area contributed by atoms with Crippen LogP contribution in [-0.2, 0) is 0 Å². The van der Waals surface area contributed by atoms with Crippen LogP contribution in [0.4, 0.5) is 17.1 Å². The molecule has 6 heteroatoms. The number of fused-ring (bicyclic) bond motifs is 6. The molecule has 1 aromatic heterocycles. The summed E-state index contributed by atoms with van der Waals surface area (Å²) < 4.78 is 19.3. The van der Waals surface area contributed by atoms with Crippen molar-refractivity contribution in [3.8, 4) is 45.3 Å². The molecular formula is C55H35NO4Si. The maximum atomic E-state index is 14.8. The van der Waals surface area contributed by atoms with E-state index in [0.29, 0.717) is 21.9 Å². The highest BCUT2D eigenvalue weighted by Gasteiger charge is 2.41. The highest BCUT2D eigenvalue weighted by molar-refractivity contribution is 7.20. The smallest absolute Gasteiger partial charge is 0.200 e. The van der Waals surface area contributed by atoms with Gasteiger partial charge < -0.3 is 13.9 Å². The third-order valence-corrected chi connectivity index (χ3v) is 17.0. The first-order valence-electron chi connectivity index (χ1n) is 20.4. The maximum absolute atomic E-state index is 14.8. The Balaban J connectivity index is 0.956. The zero-order valence-corrected chi connectivity index (χ0v) is 33.8. The average molecular weight is 802 g/mol. The van der Waals surface area contributed by atoms with Gasteiger partial charge in [0.2, 0.25) is 5.43 Å². The Morgan fingerprint density at radius 1 is 0.361 bits per heavy atom. The van der Waals surface area contributed by atoms with Gasteiger partial charge in [-0.05, 0) is 110 Å².